The van der Waals surface area contributed by atoms with Crippen LogP contribution in [0.25, 0.3) is 10.9 Å². The largest absolute Gasteiger partial charge is 0.497 e. The summed E-state index contributed by atoms with van der Waals surface area (Å²) in [6.45, 7) is -0.112. The van der Waals surface area contributed by atoms with E-state index in [4.69, 9.17) is 21.4 Å². The summed E-state index contributed by atoms with van der Waals surface area (Å²) in [5, 5.41) is 10.3. The van der Waals surface area contributed by atoms with Gasteiger partial charge in [-0.1, -0.05) is 11.6 Å². The fourth-order valence-corrected chi connectivity index (χ4v) is 1.62. The molecule has 0 spiro atoms. The summed E-state index contributed by atoms with van der Waals surface area (Å²) in [5.41, 5.74) is 1.41. The van der Waals surface area contributed by atoms with Crippen molar-refractivity contribution < 1.29 is 9.84 Å². The minimum Gasteiger partial charge on any atom is -0.497 e. The van der Waals surface area contributed by atoms with Gasteiger partial charge in [-0.2, -0.15) is 0 Å². The third-order valence-corrected chi connectivity index (χ3v) is 2.55. The van der Waals surface area contributed by atoms with Gasteiger partial charge in [0, 0.05) is 10.9 Å². The number of fused-ring (bicyclic) bond motifs is 1. The molecule has 3 nitrogen and oxygen atoms in total. The van der Waals surface area contributed by atoms with Gasteiger partial charge in [-0.3, -0.25) is 0 Å². The molecule has 2 rings (SSSR count). The van der Waals surface area contributed by atoms with Crippen molar-refractivity contribution in [2.24, 2.45) is 0 Å². The number of ether oxygens (including phenoxy) is 1. The van der Waals surface area contributed by atoms with Crippen molar-refractivity contribution in [1.82, 2.24) is 4.98 Å². The number of aliphatic hydroxyl groups is 1. The zero-order valence-electron chi connectivity index (χ0n) is 8.20. The second kappa shape index (κ2) is 4.04. The number of benzene rings is 1. The van der Waals surface area contributed by atoms with Crippen LogP contribution in [-0.2, 0) is 6.61 Å². The topological polar surface area (TPSA) is 42.4 Å². The highest BCUT2D eigenvalue weighted by Gasteiger charge is 2.04. The van der Waals surface area contributed by atoms with Crippen molar-refractivity contribution in [1.29, 1.82) is 0 Å². The number of halogens is 1. The fourth-order valence-electron chi connectivity index (χ4n) is 1.41. The average Bonchev–Trinajstić information content (AvgIpc) is 2.27. The molecule has 0 fully saturated rings. The van der Waals surface area contributed by atoms with E-state index in [2.05, 4.69) is 4.98 Å². The molecule has 0 radical (unpaired) electrons. The van der Waals surface area contributed by atoms with Crippen LogP contribution >= 0.6 is 11.6 Å². The number of aliphatic hydroxyl groups excluding tert-OH is 1. The molecule has 0 atom stereocenters. The van der Waals surface area contributed by atoms with Gasteiger partial charge in [-0.15, -0.1) is 0 Å². The summed E-state index contributed by atoms with van der Waals surface area (Å²) in [6.07, 6.45) is 0. The molecule has 0 amide bonds. The minimum absolute atomic E-state index is 0.112. The van der Waals surface area contributed by atoms with Gasteiger partial charge in [0.1, 0.15) is 10.9 Å². The number of nitrogens with zero attached hydrogens (tertiary/aromatic N) is 1. The lowest BCUT2D eigenvalue weighted by Gasteiger charge is -2.05. The summed E-state index contributed by atoms with van der Waals surface area (Å²) in [4.78, 5) is 4.17. The van der Waals surface area contributed by atoms with Crippen molar-refractivity contribution in [2.75, 3.05) is 7.11 Å². The smallest absolute Gasteiger partial charge is 0.135 e. The number of methoxy groups -OCH3 is 1. The first-order valence-corrected chi connectivity index (χ1v) is 4.86. The highest BCUT2D eigenvalue weighted by molar-refractivity contribution is 6.30. The quantitative estimate of drug-likeness (QED) is 0.795. The van der Waals surface area contributed by atoms with Crippen molar-refractivity contribution in [3.63, 3.8) is 0 Å². The van der Waals surface area contributed by atoms with Crippen molar-refractivity contribution in [2.45, 2.75) is 6.61 Å². The standard InChI is InChI=1S/C11H10ClNO2/c1-15-9-2-3-10-7(5-9)4-8(6-14)11(12)13-10/h2-5,14H,6H2,1H3. The molecule has 0 bridgehead atoms. The monoisotopic (exact) mass is 223 g/mol. The SMILES string of the molecule is COc1ccc2nc(Cl)c(CO)cc2c1. The highest BCUT2D eigenvalue weighted by atomic mass is 35.5. The predicted octanol–water partition coefficient (Wildman–Crippen LogP) is 2.39. The molecule has 0 aliphatic heterocycles. The van der Waals surface area contributed by atoms with Crippen LogP contribution in [-0.4, -0.2) is 17.2 Å². The van der Waals surface area contributed by atoms with Gasteiger partial charge in [0.05, 0.1) is 19.2 Å². The van der Waals surface area contributed by atoms with Crippen LogP contribution in [0.2, 0.25) is 5.15 Å². The molecule has 0 saturated heterocycles. The van der Waals surface area contributed by atoms with Crippen LogP contribution in [0.4, 0.5) is 0 Å². The molecule has 4 heteroatoms. The Kier molecular flexibility index (Phi) is 2.75. The first-order chi connectivity index (χ1) is 7.24. The van der Waals surface area contributed by atoms with Crippen molar-refractivity contribution in [3.05, 3.63) is 35.0 Å². The van der Waals surface area contributed by atoms with E-state index in [1.165, 1.54) is 0 Å². The Bertz CT molecular complexity index is 499. The predicted molar refractivity (Wildman–Crippen MR) is 59.2 cm³/mol. The third-order valence-electron chi connectivity index (χ3n) is 2.22. The Morgan fingerprint density at radius 1 is 1.40 bits per heavy atom. The number of hydrogen-bond donors (Lipinski definition) is 1. The Hall–Kier alpha value is -1.32. The zero-order chi connectivity index (χ0) is 10.8. The second-order valence-corrected chi connectivity index (χ2v) is 3.51. The van der Waals surface area contributed by atoms with E-state index in [9.17, 15) is 0 Å². The number of pyridine rings is 1. The molecule has 2 aromatic rings. The second-order valence-electron chi connectivity index (χ2n) is 3.16. The van der Waals surface area contributed by atoms with E-state index in [0.29, 0.717) is 10.7 Å². The lowest BCUT2D eigenvalue weighted by Crippen LogP contribution is -1.90. The van der Waals surface area contributed by atoms with E-state index in [1.807, 2.05) is 24.3 Å². The third kappa shape index (κ3) is 1.89. The minimum atomic E-state index is -0.112. The zero-order valence-corrected chi connectivity index (χ0v) is 8.95. The molecule has 1 heterocycles. The van der Waals surface area contributed by atoms with Crippen LogP contribution in [0, 0.1) is 0 Å². The summed E-state index contributed by atoms with van der Waals surface area (Å²) in [5.74, 6) is 0.760. The average molecular weight is 224 g/mol. The molecule has 1 N–H and O–H groups in total. The molecular formula is C11H10ClNO2. The van der Waals surface area contributed by atoms with Gasteiger partial charge >= 0.3 is 0 Å². The van der Waals surface area contributed by atoms with E-state index in [1.54, 1.807) is 7.11 Å². The van der Waals surface area contributed by atoms with Gasteiger partial charge in [0.15, 0.2) is 0 Å². The first-order valence-electron chi connectivity index (χ1n) is 4.48. The molecule has 0 unspecified atom stereocenters. The molecule has 78 valence electrons. The molecule has 1 aromatic carbocycles. The molecule has 0 aliphatic carbocycles. The summed E-state index contributed by atoms with van der Waals surface area (Å²) in [6, 6.07) is 7.33. The Morgan fingerprint density at radius 2 is 2.20 bits per heavy atom. The lowest BCUT2D eigenvalue weighted by atomic mass is 10.1. The van der Waals surface area contributed by atoms with E-state index in [-0.39, 0.29) is 6.61 Å². The highest BCUT2D eigenvalue weighted by Crippen LogP contribution is 2.24. The summed E-state index contributed by atoms with van der Waals surface area (Å²) < 4.78 is 5.10. The lowest BCUT2D eigenvalue weighted by molar-refractivity contribution is 0.281. The van der Waals surface area contributed by atoms with Crippen LogP contribution < -0.4 is 4.74 Å². The van der Waals surface area contributed by atoms with Gasteiger partial charge < -0.3 is 9.84 Å². The summed E-state index contributed by atoms with van der Waals surface area (Å²) >= 11 is 5.87. The van der Waals surface area contributed by atoms with E-state index in [0.717, 1.165) is 16.7 Å². The van der Waals surface area contributed by atoms with Gasteiger partial charge in [0.25, 0.3) is 0 Å². The maximum absolute atomic E-state index is 9.05. The number of aromatic nitrogens is 1. The molecule has 15 heavy (non-hydrogen) atoms. The Balaban J connectivity index is 2.66. The Labute approximate surface area is 92.3 Å². The molecule has 0 aliphatic rings. The van der Waals surface area contributed by atoms with Crippen molar-refractivity contribution in [3.8, 4) is 5.75 Å². The first kappa shape index (κ1) is 10.2. The van der Waals surface area contributed by atoms with Crippen molar-refractivity contribution >= 4 is 22.5 Å². The van der Waals surface area contributed by atoms with Crippen LogP contribution in [0.3, 0.4) is 0 Å². The number of hydrogen-bond acceptors (Lipinski definition) is 3. The normalized spacial score (nSPS) is 10.6. The van der Waals surface area contributed by atoms with Crippen LogP contribution in [0.5, 0.6) is 5.75 Å². The molecule has 1 aromatic heterocycles. The van der Waals surface area contributed by atoms with Gasteiger partial charge in [-0.25, -0.2) is 4.98 Å². The molecular weight excluding hydrogens is 214 g/mol. The maximum Gasteiger partial charge on any atom is 0.135 e. The van der Waals surface area contributed by atoms with Gasteiger partial charge in [-0.05, 0) is 24.3 Å². The fraction of sp³-hybridized carbons (Fsp3) is 0.182. The maximum atomic E-state index is 9.05. The van der Waals surface area contributed by atoms with Crippen LogP contribution in [0.15, 0.2) is 24.3 Å². The summed E-state index contributed by atoms with van der Waals surface area (Å²) in [7, 11) is 1.61. The van der Waals surface area contributed by atoms with Gasteiger partial charge in [0.2, 0.25) is 0 Å². The van der Waals surface area contributed by atoms with E-state index >= 15 is 0 Å². The Morgan fingerprint density at radius 3 is 2.87 bits per heavy atom. The molecule has 0 saturated carbocycles. The number of rotatable bonds is 2. The van der Waals surface area contributed by atoms with E-state index < -0.39 is 0 Å². The van der Waals surface area contributed by atoms with Crippen LogP contribution in [0.1, 0.15) is 5.56 Å².